The highest BCUT2D eigenvalue weighted by Gasteiger charge is 2.04. The first kappa shape index (κ1) is 14.0. The van der Waals surface area contributed by atoms with Crippen LogP contribution in [0.5, 0.6) is 5.75 Å². The number of benzene rings is 1. The molecular formula is C15H20N2OS. The van der Waals surface area contributed by atoms with Gasteiger partial charge in [0.05, 0.1) is 17.8 Å². The average Bonchev–Trinajstić information content (AvgIpc) is 2.87. The van der Waals surface area contributed by atoms with Gasteiger partial charge in [-0.05, 0) is 44.1 Å². The molecule has 4 heteroatoms. The Hall–Kier alpha value is -1.39. The molecule has 102 valence electrons. The molecule has 0 radical (unpaired) electrons. The molecule has 0 fully saturated rings. The van der Waals surface area contributed by atoms with Gasteiger partial charge in [0.1, 0.15) is 5.75 Å². The first-order chi connectivity index (χ1) is 9.31. The number of methoxy groups -OCH3 is 1. The van der Waals surface area contributed by atoms with Crippen LogP contribution in [-0.4, -0.2) is 25.7 Å². The van der Waals surface area contributed by atoms with Crippen molar-refractivity contribution in [1.82, 2.24) is 10.3 Å². The first-order valence-corrected chi connectivity index (χ1v) is 7.40. The van der Waals surface area contributed by atoms with E-state index in [0.717, 1.165) is 31.6 Å². The third-order valence-corrected chi connectivity index (χ3v) is 3.85. The van der Waals surface area contributed by atoms with Gasteiger partial charge in [-0.1, -0.05) is 12.1 Å². The minimum Gasteiger partial charge on any atom is -0.497 e. The van der Waals surface area contributed by atoms with Gasteiger partial charge in [0.25, 0.3) is 0 Å². The molecule has 1 N–H and O–H groups in total. The van der Waals surface area contributed by atoms with E-state index in [2.05, 4.69) is 27.8 Å². The molecule has 3 nitrogen and oxygen atoms in total. The van der Waals surface area contributed by atoms with Crippen LogP contribution in [0.25, 0.3) is 0 Å². The molecule has 0 unspecified atom stereocenters. The van der Waals surface area contributed by atoms with Crippen LogP contribution in [0, 0.1) is 0 Å². The van der Waals surface area contributed by atoms with Crippen LogP contribution in [0.2, 0.25) is 0 Å². The number of nitrogens with zero attached hydrogens (tertiary/aromatic N) is 1. The summed E-state index contributed by atoms with van der Waals surface area (Å²) in [6.07, 6.45) is 3.07. The minimum atomic E-state index is 0.883. The highest BCUT2D eigenvalue weighted by atomic mass is 32.1. The Kier molecular flexibility index (Phi) is 5.36. The molecule has 0 aliphatic carbocycles. The molecule has 0 aliphatic heterocycles. The molecule has 0 bridgehead atoms. The quantitative estimate of drug-likeness (QED) is 0.790. The zero-order valence-corrected chi connectivity index (χ0v) is 12.3. The number of nitrogens with one attached hydrogen (secondary N) is 1. The van der Waals surface area contributed by atoms with Crippen molar-refractivity contribution in [3.8, 4) is 5.75 Å². The highest BCUT2D eigenvalue weighted by molar-refractivity contribution is 7.09. The molecule has 1 aromatic heterocycles. The van der Waals surface area contributed by atoms with Crippen molar-refractivity contribution in [2.45, 2.75) is 19.3 Å². The van der Waals surface area contributed by atoms with Crippen molar-refractivity contribution in [3.63, 3.8) is 0 Å². The van der Waals surface area contributed by atoms with Crippen LogP contribution >= 0.6 is 11.3 Å². The molecule has 0 saturated heterocycles. The summed E-state index contributed by atoms with van der Waals surface area (Å²) in [6.45, 7) is 1.04. The van der Waals surface area contributed by atoms with E-state index in [1.165, 1.54) is 16.3 Å². The van der Waals surface area contributed by atoms with E-state index in [0.29, 0.717) is 0 Å². The summed E-state index contributed by atoms with van der Waals surface area (Å²) in [7, 11) is 3.68. The van der Waals surface area contributed by atoms with Crippen LogP contribution in [-0.2, 0) is 12.8 Å². The van der Waals surface area contributed by atoms with Gasteiger partial charge >= 0.3 is 0 Å². The molecular weight excluding hydrogens is 256 g/mol. The maximum atomic E-state index is 5.24. The van der Waals surface area contributed by atoms with Gasteiger partial charge in [0, 0.05) is 11.8 Å². The summed E-state index contributed by atoms with van der Waals surface area (Å²) in [5, 5.41) is 6.50. The van der Waals surface area contributed by atoms with E-state index < -0.39 is 0 Å². The topological polar surface area (TPSA) is 34.1 Å². The summed E-state index contributed by atoms with van der Waals surface area (Å²) in [5.41, 5.74) is 2.45. The molecule has 1 aromatic carbocycles. The van der Waals surface area contributed by atoms with E-state index in [1.54, 1.807) is 18.4 Å². The van der Waals surface area contributed by atoms with Crippen LogP contribution in [0.1, 0.15) is 22.7 Å². The fraction of sp³-hybridized carbons (Fsp3) is 0.400. The third-order valence-electron chi connectivity index (χ3n) is 2.95. The lowest BCUT2D eigenvalue weighted by Crippen LogP contribution is -2.08. The second kappa shape index (κ2) is 7.26. The Morgan fingerprint density at radius 3 is 3.05 bits per heavy atom. The van der Waals surface area contributed by atoms with Gasteiger partial charge < -0.3 is 10.1 Å². The van der Waals surface area contributed by atoms with Gasteiger partial charge in [-0.2, -0.15) is 0 Å². The standard InChI is InChI=1S/C15H20N2OS/c1-16-8-4-6-13-11-19-15(17-13)10-12-5-3-7-14(9-12)18-2/h3,5,7,9,11,16H,4,6,8,10H2,1-2H3. The van der Waals surface area contributed by atoms with E-state index in [4.69, 9.17) is 4.74 Å². The maximum absolute atomic E-state index is 5.24. The Morgan fingerprint density at radius 1 is 1.37 bits per heavy atom. The number of hydrogen-bond donors (Lipinski definition) is 1. The van der Waals surface area contributed by atoms with Crippen LogP contribution in [0.3, 0.4) is 0 Å². The molecule has 19 heavy (non-hydrogen) atoms. The molecule has 0 saturated carbocycles. The Labute approximate surface area is 118 Å². The zero-order valence-electron chi connectivity index (χ0n) is 11.5. The van der Waals surface area contributed by atoms with Crippen LogP contribution < -0.4 is 10.1 Å². The number of aromatic nitrogens is 1. The number of rotatable bonds is 7. The lowest BCUT2D eigenvalue weighted by Gasteiger charge is -2.02. The molecule has 2 rings (SSSR count). The molecule has 1 heterocycles. The largest absolute Gasteiger partial charge is 0.497 e. The van der Waals surface area contributed by atoms with Gasteiger partial charge in [-0.3, -0.25) is 0 Å². The van der Waals surface area contributed by atoms with Gasteiger partial charge in [-0.15, -0.1) is 11.3 Å². The van der Waals surface area contributed by atoms with Crippen molar-refractivity contribution in [2.24, 2.45) is 0 Å². The fourth-order valence-corrected chi connectivity index (χ4v) is 2.81. The Balaban J connectivity index is 1.95. The van der Waals surface area contributed by atoms with E-state index in [-0.39, 0.29) is 0 Å². The monoisotopic (exact) mass is 276 g/mol. The summed E-state index contributed by atoms with van der Waals surface area (Å²) in [5.74, 6) is 0.906. The number of hydrogen-bond acceptors (Lipinski definition) is 4. The molecule has 0 aliphatic rings. The molecule has 0 amide bonds. The summed E-state index contributed by atoms with van der Waals surface area (Å²) in [6, 6.07) is 8.18. The smallest absolute Gasteiger partial charge is 0.119 e. The fourth-order valence-electron chi connectivity index (χ4n) is 1.95. The minimum absolute atomic E-state index is 0.883. The van der Waals surface area contributed by atoms with Gasteiger partial charge in [-0.25, -0.2) is 4.98 Å². The summed E-state index contributed by atoms with van der Waals surface area (Å²) >= 11 is 1.74. The van der Waals surface area contributed by atoms with Crippen molar-refractivity contribution in [1.29, 1.82) is 0 Å². The lowest BCUT2D eigenvalue weighted by molar-refractivity contribution is 0.414. The van der Waals surface area contributed by atoms with E-state index in [1.807, 2.05) is 19.2 Å². The Morgan fingerprint density at radius 2 is 2.26 bits per heavy atom. The van der Waals surface area contributed by atoms with Gasteiger partial charge in [0.15, 0.2) is 0 Å². The van der Waals surface area contributed by atoms with Gasteiger partial charge in [0.2, 0.25) is 0 Å². The average molecular weight is 276 g/mol. The number of ether oxygens (including phenoxy) is 1. The normalized spacial score (nSPS) is 10.6. The van der Waals surface area contributed by atoms with Crippen molar-refractivity contribution < 1.29 is 4.74 Å². The predicted octanol–water partition coefficient (Wildman–Crippen LogP) is 2.89. The first-order valence-electron chi connectivity index (χ1n) is 6.52. The third kappa shape index (κ3) is 4.33. The van der Waals surface area contributed by atoms with Crippen LogP contribution in [0.4, 0.5) is 0 Å². The zero-order chi connectivity index (χ0) is 13.5. The maximum Gasteiger partial charge on any atom is 0.119 e. The SMILES string of the molecule is CNCCCc1csc(Cc2cccc(OC)c2)n1. The van der Waals surface area contributed by atoms with Crippen molar-refractivity contribution >= 4 is 11.3 Å². The van der Waals surface area contributed by atoms with E-state index >= 15 is 0 Å². The number of thiazole rings is 1. The summed E-state index contributed by atoms with van der Waals surface area (Å²) in [4.78, 5) is 4.68. The second-order valence-corrected chi connectivity index (χ2v) is 5.41. The van der Waals surface area contributed by atoms with Crippen LogP contribution in [0.15, 0.2) is 29.6 Å². The Bertz CT molecular complexity index is 510. The molecule has 2 aromatic rings. The number of aryl methyl sites for hydroxylation is 1. The molecule has 0 atom stereocenters. The lowest BCUT2D eigenvalue weighted by atomic mass is 10.1. The molecule has 0 spiro atoms. The van der Waals surface area contributed by atoms with Crippen molar-refractivity contribution in [2.75, 3.05) is 20.7 Å². The highest BCUT2D eigenvalue weighted by Crippen LogP contribution is 2.19. The van der Waals surface area contributed by atoms with E-state index in [9.17, 15) is 0 Å². The predicted molar refractivity (Wildman–Crippen MR) is 80.2 cm³/mol. The second-order valence-electron chi connectivity index (χ2n) is 4.47. The summed E-state index contributed by atoms with van der Waals surface area (Å²) < 4.78 is 5.24. The van der Waals surface area contributed by atoms with Crippen molar-refractivity contribution in [3.05, 3.63) is 45.9 Å².